The first-order chi connectivity index (χ1) is 8.08. The molecular weight excluding hydrogens is 214 g/mol. The topological polar surface area (TPSA) is 41.5 Å². The SMILES string of the molecule is CCCCCCC(C)OCCC(C)(CO)NC. The first kappa shape index (κ1) is 16.9. The summed E-state index contributed by atoms with van der Waals surface area (Å²) < 4.78 is 5.77. The molecule has 0 amide bonds. The monoisotopic (exact) mass is 245 g/mol. The summed E-state index contributed by atoms with van der Waals surface area (Å²) in [5.74, 6) is 0. The summed E-state index contributed by atoms with van der Waals surface area (Å²) in [5, 5.41) is 12.4. The third-order valence-electron chi connectivity index (χ3n) is 3.47. The third-order valence-corrected chi connectivity index (χ3v) is 3.47. The van der Waals surface area contributed by atoms with Crippen LogP contribution in [-0.4, -0.2) is 37.0 Å². The molecule has 0 heterocycles. The quantitative estimate of drug-likeness (QED) is 0.550. The van der Waals surface area contributed by atoms with E-state index in [2.05, 4.69) is 19.2 Å². The molecule has 104 valence electrons. The van der Waals surface area contributed by atoms with Crippen molar-refractivity contribution in [2.24, 2.45) is 0 Å². The van der Waals surface area contributed by atoms with Crippen molar-refractivity contribution in [3.05, 3.63) is 0 Å². The van der Waals surface area contributed by atoms with Gasteiger partial charge in [0.2, 0.25) is 0 Å². The second-order valence-corrected chi connectivity index (χ2v) is 5.25. The number of ether oxygens (including phenoxy) is 1. The standard InChI is InChI=1S/C14H31NO2/c1-5-6-7-8-9-13(2)17-11-10-14(3,12-16)15-4/h13,15-16H,5-12H2,1-4H3. The van der Waals surface area contributed by atoms with Crippen LogP contribution in [0.15, 0.2) is 0 Å². The molecule has 0 spiro atoms. The van der Waals surface area contributed by atoms with Crippen LogP contribution in [0.2, 0.25) is 0 Å². The number of hydrogen-bond donors (Lipinski definition) is 2. The van der Waals surface area contributed by atoms with Crippen LogP contribution < -0.4 is 5.32 Å². The number of rotatable bonds is 11. The fourth-order valence-electron chi connectivity index (χ4n) is 1.71. The minimum absolute atomic E-state index is 0.151. The molecule has 0 rings (SSSR count). The van der Waals surface area contributed by atoms with Crippen LogP contribution in [-0.2, 0) is 4.74 Å². The second-order valence-electron chi connectivity index (χ2n) is 5.25. The summed E-state index contributed by atoms with van der Waals surface area (Å²) in [6.07, 6.45) is 7.52. The van der Waals surface area contributed by atoms with Crippen LogP contribution in [0.5, 0.6) is 0 Å². The molecule has 0 saturated carbocycles. The first-order valence-corrected chi connectivity index (χ1v) is 6.99. The largest absolute Gasteiger partial charge is 0.394 e. The lowest BCUT2D eigenvalue weighted by Crippen LogP contribution is -2.44. The number of unbranched alkanes of at least 4 members (excludes halogenated alkanes) is 3. The Labute approximate surface area is 107 Å². The highest BCUT2D eigenvalue weighted by Crippen LogP contribution is 2.11. The van der Waals surface area contributed by atoms with Gasteiger partial charge in [0.1, 0.15) is 0 Å². The maximum atomic E-state index is 9.23. The average Bonchev–Trinajstić information content (AvgIpc) is 2.34. The van der Waals surface area contributed by atoms with Gasteiger partial charge in [0.15, 0.2) is 0 Å². The minimum atomic E-state index is -0.206. The van der Waals surface area contributed by atoms with E-state index in [1.807, 2.05) is 14.0 Å². The Hall–Kier alpha value is -0.120. The molecule has 0 fully saturated rings. The van der Waals surface area contributed by atoms with Crippen molar-refractivity contribution in [3.63, 3.8) is 0 Å². The van der Waals surface area contributed by atoms with Crippen LogP contribution in [0, 0.1) is 0 Å². The summed E-state index contributed by atoms with van der Waals surface area (Å²) in [4.78, 5) is 0. The molecule has 17 heavy (non-hydrogen) atoms. The number of aliphatic hydroxyl groups excluding tert-OH is 1. The zero-order valence-corrected chi connectivity index (χ0v) is 12.1. The molecule has 0 aromatic rings. The van der Waals surface area contributed by atoms with E-state index < -0.39 is 0 Å². The summed E-state index contributed by atoms with van der Waals surface area (Å²) >= 11 is 0. The normalized spacial score (nSPS) is 16.8. The molecule has 2 unspecified atom stereocenters. The number of nitrogens with one attached hydrogen (secondary N) is 1. The summed E-state index contributed by atoms with van der Waals surface area (Å²) in [7, 11) is 1.88. The highest BCUT2D eigenvalue weighted by Gasteiger charge is 2.20. The Morgan fingerprint density at radius 3 is 2.53 bits per heavy atom. The Kier molecular flexibility index (Phi) is 9.79. The van der Waals surface area contributed by atoms with Crippen LogP contribution in [0.25, 0.3) is 0 Å². The van der Waals surface area contributed by atoms with E-state index in [0.29, 0.717) is 12.7 Å². The first-order valence-electron chi connectivity index (χ1n) is 6.99. The minimum Gasteiger partial charge on any atom is -0.394 e. The molecule has 0 aliphatic carbocycles. The van der Waals surface area contributed by atoms with Gasteiger partial charge in [-0.25, -0.2) is 0 Å². The van der Waals surface area contributed by atoms with Gasteiger partial charge in [0.25, 0.3) is 0 Å². The van der Waals surface area contributed by atoms with Gasteiger partial charge in [-0.1, -0.05) is 32.6 Å². The molecular formula is C14H31NO2. The fourth-order valence-corrected chi connectivity index (χ4v) is 1.71. The van der Waals surface area contributed by atoms with Gasteiger partial charge >= 0.3 is 0 Å². The molecule has 3 heteroatoms. The van der Waals surface area contributed by atoms with Crippen molar-refractivity contribution in [3.8, 4) is 0 Å². The third kappa shape index (κ3) is 8.58. The lowest BCUT2D eigenvalue weighted by Gasteiger charge is -2.27. The van der Waals surface area contributed by atoms with Gasteiger partial charge < -0.3 is 15.2 Å². The molecule has 0 aromatic heterocycles. The Balaban J connectivity index is 3.53. The lowest BCUT2D eigenvalue weighted by molar-refractivity contribution is 0.0364. The van der Waals surface area contributed by atoms with Gasteiger partial charge in [-0.2, -0.15) is 0 Å². The highest BCUT2D eigenvalue weighted by atomic mass is 16.5. The predicted octanol–water partition coefficient (Wildman–Crippen LogP) is 2.72. The van der Waals surface area contributed by atoms with Crippen LogP contribution in [0.3, 0.4) is 0 Å². The second kappa shape index (κ2) is 9.86. The van der Waals surface area contributed by atoms with Crippen LogP contribution >= 0.6 is 0 Å². The maximum absolute atomic E-state index is 9.23. The van der Waals surface area contributed by atoms with E-state index in [1.165, 1.54) is 25.7 Å². The molecule has 2 N–H and O–H groups in total. The smallest absolute Gasteiger partial charge is 0.0611 e. The van der Waals surface area contributed by atoms with Gasteiger partial charge in [-0.15, -0.1) is 0 Å². The van der Waals surface area contributed by atoms with E-state index in [0.717, 1.165) is 12.8 Å². The van der Waals surface area contributed by atoms with Crippen molar-refractivity contribution >= 4 is 0 Å². The highest BCUT2D eigenvalue weighted by molar-refractivity contribution is 4.80. The number of hydrogen-bond acceptors (Lipinski definition) is 3. The van der Waals surface area contributed by atoms with Crippen LogP contribution in [0.4, 0.5) is 0 Å². The van der Waals surface area contributed by atoms with Crippen molar-refractivity contribution < 1.29 is 9.84 Å². The van der Waals surface area contributed by atoms with E-state index in [9.17, 15) is 5.11 Å². The van der Waals surface area contributed by atoms with Gasteiger partial charge in [0, 0.05) is 12.1 Å². The Morgan fingerprint density at radius 2 is 2.00 bits per heavy atom. The zero-order chi connectivity index (χ0) is 13.1. The molecule has 0 aliphatic rings. The Bertz CT molecular complexity index is 170. The molecule has 2 atom stereocenters. The summed E-state index contributed by atoms with van der Waals surface area (Å²) in [6, 6.07) is 0. The van der Waals surface area contributed by atoms with Crippen LogP contribution in [0.1, 0.15) is 59.3 Å². The predicted molar refractivity (Wildman–Crippen MR) is 73.3 cm³/mol. The summed E-state index contributed by atoms with van der Waals surface area (Å²) in [6.45, 7) is 7.25. The maximum Gasteiger partial charge on any atom is 0.0611 e. The van der Waals surface area contributed by atoms with E-state index >= 15 is 0 Å². The molecule has 0 saturated heterocycles. The van der Waals surface area contributed by atoms with E-state index in [4.69, 9.17) is 4.74 Å². The van der Waals surface area contributed by atoms with Gasteiger partial charge in [0.05, 0.1) is 12.7 Å². The molecule has 0 aromatic carbocycles. The van der Waals surface area contributed by atoms with E-state index in [-0.39, 0.29) is 12.1 Å². The zero-order valence-electron chi connectivity index (χ0n) is 12.1. The lowest BCUT2D eigenvalue weighted by atomic mass is 10.0. The van der Waals surface area contributed by atoms with E-state index in [1.54, 1.807) is 0 Å². The average molecular weight is 245 g/mol. The number of likely N-dealkylation sites (N-methyl/N-ethyl adjacent to an activating group) is 1. The molecule has 0 aliphatic heterocycles. The molecule has 0 radical (unpaired) electrons. The van der Waals surface area contributed by atoms with Crippen molar-refractivity contribution in [2.45, 2.75) is 70.9 Å². The van der Waals surface area contributed by atoms with Gasteiger partial charge in [-0.3, -0.25) is 0 Å². The summed E-state index contributed by atoms with van der Waals surface area (Å²) in [5.41, 5.74) is -0.206. The Morgan fingerprint density at radius 1 is 1.29 bits per heavy atom. The fraction of sp³-hybridized carbons (Fsp3) is 1.00. The van der Waals surface area contributed by atoms with Crippen molar-refractivity contribution in [2.75, 3.05) is 20.3 Å². The van der Waals surface area contributed by atoms with Gasteiger partial charge in [-0.05, 0) is 33.7 Å². The van der Waals surface area contributed by atoms with Crippen molar-refractivity contribution in [1.29, 1.82) is 0 Å². The van der Waals surface area contributed by atoms with Crippen molar-refractivity contribution in [1.82, 2.24) is 5.32 Å². The molecule has 3 nitrogen and oxygen atoms in total. The molecule has 0 bridgehead atoms. The number of aliphatic hydroxyl groups is 1.